The maximum absolute atomic E-state index is 4.93. The second-order valence-electron chi connectivity index (χ2n) is 11.4. The molecule has 0 saturated heterocycles. The van der Waals surface area contributed by atoms with Gasteiger partial charge < -0.3 is 0 Å². The Morgan fingerprint density at radius 1 is 0.578 bits per heavy atom. The van der Waals surface area contributed by atoms with E-state index in [1.165, 1.54) is 77.2 Å². The molecule has 0 unspecified atom stereocenters. The quantitative estimate of drug-likeness (QED) is 0.122. The number of hydrogen-bond donors (Lipinski definition) is 0. The first-order chi connectivity index (χ1) is 21.7. The third-order valence-electron chi connectivity index (χ3n) is 8.17. The van der Waals surface area contributed by atoms with Gasteiger partial charge in [-0.2, -0.15) is 12.1 Å². The van der Waals surface area contributed by atoms with E-state index in [4.69, 9.17) is 17.0 Å². The number of halogens is 2. The van der Waals surface area contributed by atoms with Crippen molar-refractivity contribution in [2.75, 3.05) is 0 Å². The third-order valence-corrected chi connectivity index (χ3v) is 8.17. The molecule has 0 bridgehead atoms. The van der Waals surface area contributed by atoms with Gasteiger partial charge in [-0.05, 0) is 41.5 Å². The van der Waals surface area contributed by atoms with Gasteiger partial charge in [0.15, 0.2) is 0 Å². The topological polar surface area (TPSA) is 0 Å². The molecule has 0 saturated carbocycles. The molecule has 45 heavy (non-hydrogen) atoms. The van der Waals surface area contributed by atoms with Crippen LogP contribution in [0.25, 0.3) is 43.8 Å². The summed E-state index contributed by atoms with van der Waals surface area (Å²) in [5.41, 5.74) is 13.6. The fourth-order valence-electron chi connectivity index (χ4n) is 5.64. The molecule has 4 heteroatoms. The zero-order valence-corrected chi connectivity index (χ0v) is 33.1. The molecular weight excluding hydrogens is 683 g/mol. The fourth-order valence-corrected chi connectivity index (χ4v) is 5.64. The Hall–Kier alpha value is -2.22. The normalized spacial score (nSPS) is 10.3. The zero-order chi connectivity index (χ0) is 32.9. The summed E-state index contributed by atoms with van der Waals surface area (Å²) < 4.78 is 0. The molecule has 0 N–H and O–H groups in total. The first-order valence-corrected chi connectivity index (χ1v) is 24.2. The molecule has 232 valence electrons. The molecule has 0 nitrogen and oxygen atoms in total. The summed E-state index contributed by atoms with van der Waals surface area (Å²) in [6.07, 6.45) is 3.29. The van der Waals surface area contributed by atoms with Gasteiger partial charge in [-0.1, -0.05) is 126 Å². The average Bonchev–Trinajstić information content (AvgIpc) is 3.68. The van der Waals surface area contributed by atoms with Crippen LogP contribution in [-0.4, -0.2) is 9.52 Å². The van der Waals surface area contributed by atoms with Crippen LogP contribution in [0.3, 0.4) is 0 Å². The van der Waals surface area contributed by atoms with E-state index in [0.29, 0.717) is 0 Å². The van der Waals surface area contributed by atoms with E-state index in [0.717, 1.165) is 28.8 Å². The third kappa shape index (κ3) is 9.89. The van der Waals surface area contributed by atoms with Gasteiger partial charge in [-0.25, -0.2) is 0 Å². The standard InChI is InChI=1S/C20H21.C19H19.C2H6Si.2ClH.Zr/c1-4-15-7-9-17(10-8-15)18-11-6-14(3)19-12-16(5-2)13-20(18)19;1-4-15-6-8-16(9-7-15)17-10-5-14(3)18-11-13(2)12-19(17)18;1-3-2;;;/h6-13H,4-5H2,1-3H3;5-12H,4H2,1-3H3;1-2H3;2*1H;/q2*-1;;;;+4/p-2. The number of rotatable bonds is 5. The van der Waals surface area contributed by atoms with Gasteiger partial charge >= 0.3 is 37.9 Å². The maximum atomic E-state index is 4.93. The van der Waals surface area contributed by atoms with Crippen LogP contribution in [0.1, 0.15) is 54.2 Å². The van der Waals surface area contributed by atoms with Gasteiger partial charge in [0.25, 0.3) is 0 Å². The van der Waals surface area contributed by atoms with Crippen LogP contribution < -0.4 is 0 Å². The molecular formula is C41H46Cl2SiZr. The Morgan fingerprint density at radius 2 is 0.978 bits per heavy atom. The molecule has 0 aliphatic heterocycles. The molecule has 6 aromatic carbocycles. The van der Waals surface area contributed by atoms with Crippen LogP contribution in [0.15, 0.2) is 97.1 Å². The van der Waals surface area contributed by atoms with Gasteiger partial charge in [-0.15, -0.1) is 68.1 Å². The molecule has 0 atom stereocenters. The summed E-state index contributed by atoms with van der Waals surface area (Å²) in [7, 11) is 11.0. The van der Waals surface area contributed by atoms with Crippen LogP contribution in [0.5, 0.6) is 0 Å². The van der Waals surface area contributed by atoms with Crippen molar-refractivity contribution in [1.82, 2.24) is 0 Å². The summed E-state index contributed by atoms with van der Waals surface area (Å²) in [6.45, 7) is 17.5. The molecule has 6 rings (SSSR count). The minimum atomic E-state index is -0.826. The van der Waals surface area contributed by atoms with Crippen molar-refractivity contribution in [2.24, 2.45) is 0 Å². The molecule has 0 spiro atoms. The summed E-state index contributed by atoms with van der Waals surface area (Å²) in [5.74, 6) is 0. The molecule has 2 radical (unpaired) electrons. The van der Waals surface area contributed by atoms with Crippen molar-refractivity contribution in [2.45, 2.75) is 73.9 Å². The summed E-state index contributed by atoms with van der Waals surface area (Å²) in [4.78, 5) is 0. The summed E-state index contributed by atoms with van der Waals surface area (Å²) in [6, 6.07) is 36.2. The Kier molecular flexibility index (Phi) is 15.6. The van der Waals surface area contributed by atoms with Crippen molar-refractivity contribution in [3.05, 3.63) is 130 Å². The van der Waals surface area contributed by atoms with Gasteiger partial charge in [-0.3, -0.25) is 0 Å². The Labute approximate surface area is 293 Å². The molecule has 0 heterocycles. The molecule has 0 fully saturated rings. The summed E-state index contributed by atoms with van der Waals surface area (Å²) in [5, 5.41) is 5.56. The number of benzene rings is 4. The van der Waals surface area contributed by atoms with Crippen LogP contribution in [0.4, 0.5) is 0 Å². The van der Waals surface area contributed by atoms with Crippen molar-refractivity contribution in [3.8, 4) is 22.3 Å². The van der Waals surface area contributed by atoms with Crippen LogP contribution in [0.2, 0.25) is 13.1 Å². The van der Waals surface area contributed by atoms with E-state index in [9.17, 15) is 0 Å². The number of fused-ring (bicyclic) bond motifs is 2. The van der Waals surface area contributed by atoms with Crippen molar-refractivity contribution < 1.29 is 20.8 Å². The van der Waals surface area contributed by atoms with E-state index in [2.05, 4.69) is 152 Å². The SMILES string of the molecule is CCc1ccc(-c2ccc(C)c3[cH-]c(C)cc23)cc1.CCc1ccc(-c2ccc(C)c3[cH-]c(CC)cc23)cc1.C[Si]C.[Cl][Zr+2][Cl]. The Bertz CT molecular complexity index is 1760. The fraction of sp³-hybridized carbons (Fsp3) is 0.268. The van der Waals surface area contributed by atoms with E-state index >= 15 is 0 Å². The molecule has 0 amide bonds. The first-order valence-electron chi connectivity index (χ1n) is 15.8. The van der Waals surface area contributed by atoms with E-state index < -0.39 is 20.8 Å². The summed E-state index contributed by atoms with van der Waals surface area (Å²) >= 11 is -0.826. The molecule has 6 aromatic rings. The Morgan fingerprint density at radius 3 is 1.38 bits per heavy atom. The molecule has 0 aliphatic rings. The predicted molar refractivity (Wildman–Crippen MR) is 201 cm³/mol. The predicted octanol–water partition coefficient (Wildman–Crippen LogP) is 13.2. The van der Waals surface area contributed by atoms with E-state index in [1.807, 2.05) is 0 Å². The van der Waals surface area contributed by atoms with E-state index in [-0.39, 0.29) is 0 Å². The van der Waals surface area contributed by atoms with Gasteiger partial charge in [0.05, 0.1) is 0 Å². The molecule has 0 aliphatic carbocycles. The van der Waals surface area contributed by atoms with Crippen LogP contribution in [-0.2, 0) is 40.1 Å². The van der Waals surface area contributed by atoms with Crippen LogP contribution in [0, 0.1) is 20.8 Å². The van der Waals surface area contributed by atoms with Gasteiger partial charge in [0.1, 0.15) is 0 Å². The van der Waals surface area contributed by atoms with Gasteiger partial charge in [0.2, 0.25) is 0 Å². The Balaban J connectivity index is 0.000000209. The van der Waals surface area contributed by atoms with Gasteiger partial charge in [0, 0.05) is 9.52 Å². The van der Waals surface area contributed by atoms with E-state index in [1.54, 1.807) is 0 Å². The van der Waals surface area contributed by atoms with Crippen LogP contribution >= 0.6 is 17.0 Å². The number of aryl methyl sites for hydroxylation is 6. The second kappa shape index (κ2) is 18.8. The van der Waals surface area contributed by atoms with Crippen molar-refractivity contribution in [3.63, 3.8) is 0 Å². The minimum absolute atomic E-state index is 0.826. The zero-order valence-electron chi connectivity index (χ0n) is 28.1. The monoisotopic (exact) mass is 726 g/mol. The average molecular weight is 729 g/mol. The second-order valence-corrected chi connectivity index (χ2v) is 16.2. The van der Waals surface area contributed by atoms with Crippen molar-refractivity contribution in [1.29, 1.82) is 0 Å². The molecule has 0 aromatic heterocycles. The number of hydrogen-bond acceptors (Lipinski definition) is 0. The first kappa shape index (κ1) is 37.2. The van der Waals surface area contributed by atoms with Crippen molar-refractivity contribution >= 4 is 48.1 Å².